The van der Waals surface area contributed by atoms with E-state index in [0.717, 1.165) is 6.07 Å². The Labute approximate surface area is 111 Å². The summed E-state index contributed by atoms with van der Waals surface area (Å²) in [6.45, 7) is 5.84. The van der Waals surface area contributed by atoms with Crippen LogP contribution in [-0.2, 0) is 5.41 Å². The maximum atomic E-state index is 13.9. The zero-order valence-electron chi connectivity index (χ0n) is 11.5. The van der Waals surface area contributed by atoms with Crippen LogP contribution in [0.15, 0.2) is 12.1 Å². The molecule has 1 aromatic rings. The highest BCUT2D eigenvalue weighted by molar-refractivity contribution is 5.40. The molecule has 0 atom stereocenters. The highest BCUT2D eigenvalue weighted by Gasteiger charge is 2.30. The molecule has 1 aliphatic carbocycles. The maximum absolute atomic E-state index is 13.9. The topological polar surface area (TPSA) is 9.23 Å². The summed E-state index contributed by atoms with van der Waals surface area (Å²) < 4.78 is 45.5. The van der Waals surface area contributed by atoms with Gasteiger partial charge in [0.25, 0.3) is 0 Å². The predicted octanol–water partition coefficient (Wildman–Crippen LogP) is 4.39. The summed E-state index contributed by atoms with van der Waals surface area (Å²) >= 11 is 0. The van der Waals surface area contributed by atoms with Crippen LogP contribution in [0.25, 0.3) is 0 Å². The van der Waals surface area contributed by atoms with Gasteiger partial charge in [-0.1, -0.05) is 20.8 Å². The molecule has 0 radical (unpaired) electrons. The lowest BCUT2D eigenvalue weighted by Crippen LogP contribution is -2.30. The van der Waals surface area contributed by atoms with Gasteiger partial charge >= 0.3 is 0 Å². The average Bonchev–Trinajstić information content (AvgIpc) is 2.19. The van der Waals surface area contributed by atoms with Crippen molar-refractivity contribution in [3.63, 3.8) is 0 Å². The molecule has 0 heterocycles. The summed E-state index contributed by atoms with van der Waals surface area (Å²) in [7, 11) is 0. The molecule has 2 rings (SSSR count). The molecule has 1 fully saturated rings. The van der Waals surface area contributed by atoms with Gasteiger partial charge in [-0.2, -0.15) is 0 Å². The Kier molecular flexibility index (Phi) is 3.79. The zero-order chi connectivity index (χ0) is 14.2. The van der Waals surface area contributed by atoms with Crippen molar-refractivity contribution in [3.8, 4) is 5.75 Å². The van der Waals surface area contributed by atoms with Crippen molar-refractivity contribution >= 4 is 0 Å². The second-order valence-electron chi connectivity index (χ2n) is 6.26. The highest BCUT2D eigenvalue weighted by atomic mass is 19.1. The lowest BCUT2D eigenvalue weighted by molar-refractivity contribution is 0.0849. The Morgan fingerprint density at radius 3 is 2.37 bits per heavy atom. The van der Waals surface area contributed by atoms with Gasteiger partial charge in [0.15, 0.2) is 0 Å². The SMILES string of the molecule is CC(C)(C)c1c(F)cc(F)cc1OCC1CC(F)C1. The Hall–Kier alpha value is -1.19. The third kappa shape index (κ3) is 3.23. The zero-order valence-corrected chi connectivity index (χ0v) is 11.5. The van der Waals surface area contributed by atoms with E-state index in [1.807, 2.05) is 20.8 Å². The molecule has 0 N–H and O–H groups in total. The van der Waals surface area contributed by atoms with Crippen molar-refractivity contribution in [2.75, 3.05) is 6.61 Å². The van der Waals surface area contributed by atoms with Gasteiger partial charge in [-0.15, -0.1) is 0 Å². The molecule has 1 saturated carbocycles. The highest BCUT2D eigenvalue weighted by Crippen LogP contribution is 2.36. The van der Waals surface area contributed by atoms with Crippen LogP contribution in [-0.4, -0.2) is 12.8 Å². The summed E-state index contributed by atoms with van der Waals surface area (Å²) in [5, 5.41) is 0. The normalized spacial score (nSPS) is 23.1. The number of hydrogen-bond donors (Lipinski definition) is 0. The predicted molar refractivity (Wildman–Crippen MR) is 68.2 cm³/mol. The van der Waals surface area contributed by atoms with Gasteiger partial charge in [-0.05, 0) is 24.2 Å². The molecule has 0 amide bonds. The molecule has 19 heavy (non-hydrogen) atoms. The van der Waals surface area contributed by atoms with E-state index in [1.54, 1.807) is 0 Å². The lowest BCUT2D eigenvalue weighted by atomic mass is 9.84. The number of hydrogen-bond acceptors (Lipinski definition) is 1. The Morgan fingerprint density at radius 2 is 1.84 bits per heavy atom. The summed E-state index contributed by atoms with van der Waals surface area (Å²) in [6.07, 6.45) is 0.200. The van der Waals surface area contributed by atoms with Crippen LogP contribution in [0.5, 0.6) is 5.75 Å². The molecular weight excluding hydrogens is 253 g/mol. The number of rotatable bonds is 3. The molecule has 0 saturated heterocycles. The smallest absolute Gasteiger partial charge is 0.133 e. The first kappa shape index (κ1) is 14.2. The fraction of sp³-hybridized carbons (Fsp3) is 0.600. The minimum atomic E-state index is -0.750. The van der Waals surface area contributed by atoms with E-state index in [1.165, 1.54) is 6.07 Å². The molecule has 0 aliphatic heterocycles. The average molecular weight is 272 g/mol. The van der Waals surface area contributed by atoms with E-state index in [0.29, 0.717) is 25.0 Å². The first-order valence-corrected chi connectivity index (χ1v) is 6.53. The van der Waals surface area contributed by atoms with E-state index >= 15 is 0 Å². The fourth-order valence-electron chi connectivity index (χ4n) is 2.39. The van der Waals surface area contributed by atoms with Crippen LogP contribution < -0.4 is 4.74 Å². The summed E-state index contributed by atoms with van der Waals surface area (Å²) in [4.78, 5) is 0. The van der Waals surface area contributed by atoms with Crippen LogP contribution in [0.4, 0.5) is 13.2 Å². The quantitative estimate of drug-likeness (QED) is 0.793. The van der Waals surface area contributed by atoms with Gasteiger partial charge in [-0.25, -0.2) is 13.2 Å². The van der Waals surface area contributed by atoms with Gasteiger partial charge in [0, 0.05) is 17.7 Å². The largest absolute Gasteiger partial charge is 0.493 e. The molecule has 0 bridgehead atoms. The maximum Gasteiger partial charge on any atom is 0.133 e. The van der Waals surface area contributed by atoms with Gasteiger partial charge < -0.3 is 4.74 Å². The van der Waals surface area contributed by atoms with Crippen molar-refractivity contribution in [1.82, 2.24) is 0 Å². The number of ether oxygens (including phenoxy) is 1. The Balaban J connectivity index is 2.18. The number of halogens is 3. The molecule has 0 spiro atoms. The second-order valence-corrected chi connectivity index (χ2v) is 6.26. The van der Waals surface area contributed by atoms with Crippen LogP contribution in [0.1, 0.15) is 39.2 Å². The number of benzene rings is 1. The van der Waals surface area contributed by atoms with Crippen molar-refractivity contribution in [2.24, 2.45) is 5.92 Å². The molecule has 1 aromatic carbocycles. The van der Waals surface area contributed by atoms with E-state index < -0.39 is 23.2 Å². The van der Waals surface area contributed by atoms with E-state index in [2.05, 4.69) is 0 Å². The molecule has 0 unspecified atom stereocenters. The van der Waals surface area contributed by atoms with Crippen LogP contribution in [0.3, 0.4) is 0 Å². The monoisotopic (exact) mass is 272 g/mol. The third-order valence-electron chi connectivity index (χ3n) is 3.42. The summed E-state index contributed by atoms with van der Waals surface area (Å²) in [5.74, 6) is -0.876. The Bertz CT molecular complexity index is 459. The third-order valence-corrected chi connectivity index (χ3v) is 3.42. The molecule has 106 valence electrons. The summed E-state index contributed by atoms with van der Waals surface area (Å²) in [6, 6.07) is 2.07. The van der Waals surface area contributed by atoms with Gasteiger partial charge in [0.05, 0.1) is 6.61 Å². The molecule has 1 aliphatic rings. The Morgan fingerprint density at radius 1 is 1.21 bits per heavy atom. The lowest BCUT2D eigenvalue weighted by Gasteiger charge is -2.30. The van der Waals surface area contributed by atoms with Crippen molar-refractivity contribution in [2.45, 2.75) is 45.2 Å². The van der Waals surface area contributed by atoms with E-state index in [-0.39, 0.29) is 11.7 Å². The minimum absolute atomic E-state index is 0.147. The molecule has 0 aromatic heterocycles. The summed E-state index contributed by atoms with van der Waals surface area (Å²) in [5.41, 5.74) is -0.111. The van der Waals surface area contributed by atoms with Crippen molar-refractivity contribution in [3.05, 3.63) is 29.3 Å². The van der Waals surface area contributed by atoms with Gasteiger partial charge in [0.2, 0.25) is 0 Å². The molecule has 1 nitrogen and oxygen atoms in total. The first-order valence-electron chi connectivity index (χ1n) is 6.53. The van der Waals surface area contributed by atoms with Crippen LogP contribution >= 0.6 is 0 Å². The molecular formula is C15H19F3O. The van der Waals surface area contributed by atoms with E-state index in [9.17, 15) is 13.2 Å². The molecule has 4 heteroatoms. The van der Waals surface area contributed by atoms with Crippen LogP contribution in [0.2, 0.25) is 0 Å². The minimum Gasteiger partial charge on any atom is -0.493 e. The standard InChI is InChI=1S/C15H19F3O/c1-15(2,3)14-12(18)6-11(17)7-13(14)19-8-9-4-10(16)5-9/h6-7,9-10H,4-5,8H2,1-3H3. The van der Waals surface area contributed by atoms with Gasteiger partial charge in [-0.3, -0.25) is 0 Å². The fourth-order valence-corrected chi connectivity index (χ4v) is 2.39. The van der Waals surface area contributed by atoms with Crippen molar-refractivity contribution < 1.29 is 17.9 Å². The van der Waals surface area contributed by atoms with Gasteiger partial charge in [0.1, 0.15) is 23.6 Å². The number of alkyl halides is 1. The van der Waals surface area contributed by atoms with Crippen molar-refractivity contribution in [1.29, 1.82) is 0 Å². The van der Waals surface area contributed by atoms with E-state index in [4.69, 9.17) is 4.74 Å². The first-order chi connectivity index (χ1) is 8.77. The second kappa shape index (κ2) is 5.06. The van der Waals surface area contributed by atoms with Crippen LogP contribution in [0, 0.1) is 17.6 Å².